The number of anilines is 2. The Kier molecular flexibility index (Phi) is 8.38. The fourth-order valence-corrected chi connectivity index (χ4v) is 3.17. The van der Waals surface area contributed by atoms with E-state index >= 15 is 0 Å². The van der Waals surface area contributed by atoms with Crippen LogP contribution in [0.3, 0.4) is 0 Å². The predicted octanol–water partition coefficient (Wildman–Crippen LogP) is 2.31. The van der Waals surface area contributed by atoms with Gasteiger partial charge in [0.2, 0.25) is 0 Å². The maximum atomic E-state index is 13.9. The molecule has 0 radical (unpaired) electrons. The zero-order valence-corrected chi connectivity index (χ0v) is 18.0. The molecule has 0 saturated heterocycles. The molecule has 1 aromatic carbocycles. The minimum Gasteiger partial charge on any atom is -0.452 e. The number of carbonyl (C=O) groups is 2. The van der Waals surface area contributed by atoms with Crippen molar-refractivity contribution in [1.82, 2.24) is 9.55 Å². The Morgan fingerprint density at radius 3 is 2.58 bits per heavy atom. The molecule has 0 saturated carbocycles. The first-order chi connectivity index (χ1) is 14.7. The van der Waals surface area contributed by atoms with Crippen molar-refractivity contribution in [3.63, 3.8) is 0 Å². The normalized spacial score (nSPS) is 10.7. The molecule has 0 aliphatic heterocycles. The highest BCUT2D eigenvalue weighted by Gasteiger charge is 2.26. The van der Waals surface area contributed by atoms with E-state index in [9.17, 15) is 23.6 Å². The molecule has 0 fully saturated rings. The molecule has 0 atom stereocenters. The van der Waals surface area contributed by atoms with E-state index in [1.54, 1.807) is 0 Å². The number of rotatable bonds is 9. The van der Waals surface area contributed by atoms with Gasteiger partial charge in [-0.3, -0.25) is 19.1 Å². The molecule has 1 heterocycles. The number of aromatic amines is 1. The third kappa shape index (κ3) is 5.52. The van der Waals surface area contributed by atoms with Crippen LogP contribution in [0.1, 0.15) is 43.5 Å². The summed E-state index contributed by atoms with van der Waals surface area (Å²) in [6, 6.07) is 3.68. The Morgan fingerprint density at radius 2 is 1.97 bits per heavy atom. The van der Waals surface area contributed by atoms with Gasteiger partial charge >= 0.3 is 11.7 Å². The van der Waals surface area contributed by atoms with Crippen LogP contribution in [0.5, 0.6) is 0 Å². The fraction of sp³-hybridized carbons (Fsp3) is 0.400. The van der Waals surface area contributed by atoms with E-state index in [1.807, 2.05) is 13.8 Å². The van der Waals surface area contributed by atoms with Gasteiger partial charge in [-0.1, -0.05) is 37.9 Å². The van der Waals surface area contributed by atoms with E-state index in [2.05, 4.69) is 4.98 Å². The third-order valence-electron chi connectivity index (χ3n) is 4.46. The molecule has 0 aliphatic carbocycles. The second-order valence-electron chi connectivity index (χ2n) is 6.72. The molecule has 0 unspecified atom stereocenters. The number of nitrogens with zero attached hydrogens (tertiary/aromatic N) is 2. The molecule has 31 heavy (non-hydrogen) atoms. The van der Waals surface area contributed by atoms with Crippen molar-refractivity contribution in [2.24, 2.45) is 0 Å². The standard InChI is InChI=1S/C20H24ClFN4O5/c1-3-5-10-25(16-17(23)26(9-4-2)20(30)24-18(16)28)14(27)11-31-19(29)15-12(21)7-6-8-13(15)22/h6-8H,3-5,9-11,23H2,1-2H3,(H,24,28,30). The number of halogens is 2. The van der Waals surface area contributed by atoms with Crippen LogP contribution in [0.4, 0.5) is 15.9 Å². The molecule has 168 valence electrons. The summed E-state index contributed by atoms with van der Waals surface area (Å²) < 4.78 is 20.0. The number of nitrogens with one attached hydrogen (secondary N) is 1. The number of ether oxygens (including phenoxy) is 1. The van der Waals surface area contributed by atoms with Gasteiger partial charge in [0.05, 0.1) is 5.02 Å². The molecule has 0 aliphatic rings. The van der Waals surface area contributed by atoms with Gasteiger partial charge in [-0.15, -0.1) is 0 Å². The van der Waals surface area contributed by atoms with Gasteiger partial charge in [0.1, 0.15) is 17.2 Å². The monoisotopic (exact) mass is 454 g/mol. The lowest BCUT2D eigenvalue weighted by Gasteiger charge is -2.24. The Bertz CT molecular complexity index is 1060. The Labute approximate surface area is 182 Å². The average Bonchev–Trinajstić information content (AvgIpc) is 2.71. The van der Waals surface area contributed by atoms with Crippen LogP contribution in [0.2, 0.25) is 5.02 Å². The van der Waals surface area contributed by atoms with Crippen LogP contribution in [0.25, 0.3) is 0 Å². The number of unbranched alkanes of at least 4 members (excludes halogenated alkanes) is 1. The SMILES string of the molecule is CCCCN(C(=O)COC(=O)c1c(F)cccc1Cl)c1c(N)n(CCC)c(=O)[nH]c1=O. The zero-order valence-electron chi connectivity index (χ0n) is 17.2. The van der Waals surface area contributed by atoms with Gasteiger partial charge in [0, 0.05) is 13.1 Å². The first-order valence-corrected chi connectivity index (χ1v) is 10.1. The summed E-state index contributed by atoms with van der Waals surface area (Å²) in [6.45, 7) is 3.27. The molecule has 1 amide bonds. The number of H-pyrrole nitrogens is 1. The van der Waals surface area contributed by atoms with Crippen molar-refractivity contribution in [1.29, 1.82) is 0 Å². The number of nitrogens with two attached hydrogens (primary N) is 1. The van der Waals surface area contributed by atoms with Crippen LogP contribution in [-0.4, -0.2) is 34.6 Å². The largest absolute Gasteiger partial charge is 0.452 e. The summed E-state index contributed by atoms with van der Waals surface area (Å²) in [5.74, 6) is -2.93. The highest BCUT2D eigenvalue weighted by atomic mass is 35.5. The maximum absolute atomic E-state index is 13.9. The van der Waals surface area contributed by atoms with E-state index in [1.165, 1.54) is 12.1 Å². The molecular weight excluding hydrogens is 431 g/mol. The number of benzene rings is 1. The van der Waals surface area contributed by atoms with Gasteiger partial charge < -0.3 is 15.4 Å². The topological polar surface area (TPSA) is 127 Å². The molecule has 9 nitrogen and oxygen atoms in total. The molecule has 11 heteroatoms. The van der Waals surface area contributed by atoms with Gasteiger partial charge in [-0.2, -0.15) is 0 Å². The van der Waals surface area contributed by atoms with Gasteiger partial charge in [-0.05, 0) is 25.0 Å². The van der Waals surface area contributed by atoms with Crippen LogP contribution < -0.4 is 21.9 Å². The molecule has 2 aromatic rings. The average molecular weight is 455 g/mol. The van der Waals surface area contributed by atoms with E-state index in [-0.39, 0.29) is 29.6 Å². The third-order valence-corrected chi connectivity index (χ3v) is 4.78. The minimum atomic E-state index is -1.12. The smallest absolute Gasteiger partial charge is 0.343 e. The Hall–Kier alpha value is -3.14. The summed E-state index contributed by atoms with van der Waals surface area (Å²) in [6.07, 6.45) is 1.78. The van der Waals surface area contributed by atoms with Crippen molar-refractivity contribution in [3.8, 4) is 0 Å². The summed E-state index contributed by atoms with van der Waals surface area (Å²) in [4.78, 5) is 52.8. The Morgan fingerprint density at radius 1 is 1.26 bits per heavy atom. The molecule has 2 rings (SSSR count). The van der Waals surface area contributed by atoms with Gasteiger partial charge in [-0.25, -0.2) is 14.0 Å². The first-order valence-electron chi connectivity index (χ1n) is 9.76. The van der Waals surface area contributed by atoms with Crippen molar-refractivity contribution in [2.75, 3.05) is 23.8 Å². The number of hydrogen-bond donors (Lipinski definition) is 2. The molecular formula is C20H24ClFN4O5. The second-order valence-corrected chi connectivity index (χ2v) is 7.12. The quantitative estimate of drug-likeness (QED) is 0.559. The first kappa shape index (κ1) is 24.1. The lowest BCUT2D eigenvalue weighted by molar-refractivity contribution is -0.121. The van der Waals surface area contributed by atoms with Crippen molar-refractivity contribution >= 4 is 35.0 Å². The Balaban J connectivity index is 2.34. The van der Waals surface area contributed by atoms with E-state index < -0.39 is 41.1 Å². The lowest BCUT2D eigenvalue weighted by atomic mass is 10.2. The van der Waals surface area contributed by atoms with E-state index in [4.69, 9.17) is 22.1 Å². The van der Waals surface area contributed by atoms with Crippen LogP contribution in [0, 0.1) is 5.82 Å². The summed E-state index contributed by atoms with van der Waals surface area (Å²) in [5, 5.41) is -0.160. The summed E-state index contributed by atoms with van der Waals surface area (Å²) >= 11 is 5.84. The second kappa shape index (κ2) is 10.8. The number of esters is 1. The van der Waals surface area contributed by atoms with Crippen LogP contribution >= 0.6 is 11.6 Å². The van der Waals surface area contributed by atoms with Crippen LogP contribution in [0.15, 0.2) is 27.8 Å². The summed E-state index contributed by atoms with van der Waals surface area (Å²) in [7, 11) is 0. The highest BCUT2D eigenvalue weighted by Crippen LogP contribution is 2.21. The van der Waals surface area contributed by atoms with Crippen molar-refractivity contribution < 1.29 is 18.7 Å². The zero-order chi connectivity index (χ0) is 23.1. The molecule has 0 spiro atoms. The molecule has 1 aromatic heterocycles. The minimum absolute atomic E-state index is 0.102. The van der Waals surface area contributed by atoms with Gasteiger partial charge in [0.25, 0.3) is 11.5 Å². The van der Waals surface area contributed by atoms with Crippen LogP contribution in [-0.2, 0) is 16.1 Å². The summed E-state index contributed by atoms with van der Waals surface area (Å²) in [5.41, 5.74) is 3.83. The predicted molar refractivity (Wildman–Crippen MR) is 115 cm³/mol. The highest BCUT2D eigenvalue weighted by molar-refractivity contribution is 6.33. The van der Waals surface area contributed by atoms with E-state index in [0.717, 1.165) is 15.5 Å². The fourth-order valence-electron chi connectivity index (χ4n) is 2.93. The van der Waals surface area contributed by atoms with Crippen molar-refractivity contribution in [2.45, 2.75) is 39.7 Å². The lowest BCUT2D eigenvalue weighted by Crippen LogP contribution is -2.43. The maximum Gasteiger partial charge on any atom is 0.343 e. The molecule has 0 bridgehead atoms. The number of amides is 1. The molecule has 3 N–H and O–H groups in total. The number of hydrogen-bond acceptors (Lipinski definition) is 6. The van der Waals surface area contributed by atoms with Crippen molar-refractivity contribution in [3.05, 3.63) is 55.4 Å². The van der Waals surface area contributed by atoms with E-state index in [0.29, 0.717) is 19.3 Å². The van der Waals surface area contributed by atoms with Gasteiger partial charge in [0.15, 0.2) is 12.3 Å². The number of nitrogen functional groups attached to an aromatic ring is 1. The number of carbonyl (C=O) groups excluding carboxylic acids is 2. The number of aromatic nitrogens is 2.